The van der Waals surface area contributed by atoms with Gasteiger partial charge in [0.1, 0.15) is 17.6 Å². The van der Waals surface area contributed by atoms with E-state index in [9.17, 15) is 0 Å². The summed E-state index contributed by atoms with van der Waals surface area (Å²) in [5.41, 5.74) is 4.78. The van der Waals surface area contributed by atoms with Crippen molar-refractivity contribution in [2.45, 2.75) is 18.4 Å². The number of anilines is 1. The molecule has 168 valence electrons. The van der Waals surface area contributed by atoms with Gasteiger partial charge in [0.15, 0.2) is 0 Å². The number of halogens is 1. The molecule has 1 aliphatic carbocycles. The number of rotatable bonds is 4. The topological polar surface area (TPSA) is 64.8 Å². The van der Waals surface area contributed by atoms with Crippen LogP contribution in [0.5, 0.6) is 0 Å². The van der Waals surface area contributed by atoms with E-state index in [1.807, 2.05) is 28.8 Å². The number of imidazole rings is 1. The highest BCUT2D eigenvalue weighted by atomic mass is 19.1. The van der Waals surface area contributed by atoms with E-state index in [1.165, 1.54) is 11.6 Å². The van der Waals surface area contributed by atoms with Gasteiger partial charge in [0.25, 0.3) is 0 Å². The summed E-state index contributed by atoms with van der Waals surface area (Å²) in [4.78, 5) is 15.8. The van der Waals surface area contributed by atoms with E-state index >= 15 is 4.39 Å². The standard InChI is InChI=1S/C25H24FN5O2/c1-32-21-11-18(16-5-3-2-4-6-16)24-23(21)29-22-12-20(26)19(15-31(22)24)17-13-27-25(28-14-17)30-7-9-33-10-8-30/h2-6,12-15,18,21H,7-11H2,1H3/t18-,21-/m0/s1. The van der Waals surface area contributed by atoms with Crippen LogP contribution < -0.4 is 4.90 Å². The van der Waals surface area contributed by atoms with Crippen molar-refractivity contribution < 1.29 is 13.9 Å². The summed E-state index contributed by atoms with van der Waals surface area (Å²) in [5, 5.41) is 0. The van der Waals surface area contributed by atoms with Crippen LogP contribution in [0.15, 0.2) is 55.0 Å². The van der Waals surface area contributed by atoms with Crippen LogP contribution in [-0.2, 0) is 9.47 Å². The number of hydrogen-bond donors (Lipinski definition) is 0. The molecule has 1 aromatic carbocycles. The van der Waals surface area contributed by atoms with E-state index in [0.29, 0.717) is 35.9 Å². The molecule has 4 heterocycles. The Morgan fingerprint density at radius 1 is 1.09 bits per heavy atom. The van der Waals surface area contributed by atoms with Crippen molar-refractivity contribution in [2.75, 3.05) is 38.3 Å². The summed E-state index contributed by atoms with van der Waals surface area (Å²) in [6.07, 6.45) is 5.88. The van der Waals surface area contributed by atoms with Crippen molar-refractivity contribution >= 4 is 11.6 Å². The molecular formula is C25H24FN5O2. The predicted octanol–water partition coefficient (Wildman–Crippen LogP) is 3.99. The van der Waals surface area contributed by atoms with E-state index in [-0.39, 0.29) is 17.8 Å². The molecule has 4 aromatic rings. The monoisotopic (exact) mass is 445 g/mol. The first-order valence-corrected chi connectivity index (χ1v) is 11.2. The third-order valence-electron chi connectivity index (χ3n) is 6.59. The van der Waals surface area contributed by atoms with Gasteiger partial charge in [0, 0.05) is 61.9 Å². The van der Waals surface area contributed by atoms with Gasteiger partial charge in [0.2, 0.25) is 5.95 Å². The summed E-state index contributed by atoms with van der Waals surface area (Å²) in [7, 11) is 1.70. The van der Waals surface area contributed by atoms with Gasteiger partial charge in [-0.25, -0.2) is 19.3 Å². The lowest BCUT2D eigenvalue weighted by molar-refractivity contribution is 0.0995. The van der Waals surface area contributed by atoms with E-state index in [1.54, 1.807) is 19.5 Å². The van der Waals surface area contributed by atoms with Gasteiger partial charge in [-0.05, 0) is 12.0 Å². The second-order valence-corrected chi connectivity index (χ2v) is 8.44. The lowest BCUT2D eigenvalue weighted by Crippen LogP contribution is -2.37. The molecule has 8 heteroatoms. The number of benzene rings is 1. The van der Waals surface area contributed by atoms with Crippen LogP contribution in [0.2, 0.25) is 0 Å². The largest absolute Gasteiger partial charge is 0.378 e. The molecule has 6 rings (SSSR count). The van der Waals surface area contributed by atoms with Crippen LogP contribution in [0.25, 0.3) is 16.8 Å². The molecule has 1 saturated heterocycles. The van der Waals surface area contributed by atoms with Crippen molar-refractivity contribution in [1.82, 2.24) is 19.4 Å². The van der Waals surface area contributed by atoms with Crippen LogP contribution in [-0.4, -0.2) is 52.8 Å². The second-order valence-electron chi connectivity index (χ2n) is 8.44. The molecule has 33 heavy (non-hydrogen) atoms. The zero-order valence-electron chi connectivity index (χ0n) is 18.3. The highest BCUT2D eigenvalue weighted by Crippen LogP contribution is 2.46. The van der Waals surface area contributed by atoms with E-state index in [4.69, 9.17) is 14.5 Å². The third kappa shape index (κ3) is 3.46. The number of nitrogens with zero attached hydrogens (tertiary/aromatic N) is 5. The normalized spacial score (nSPS) is 20.4. The molecule has 0 N–H and O–H groups in total. The van der Waals surface area contributed by atoms with E-state index in [0.717, 1.165) is 30.9 Å². The zero-order valence-corrected chi connectivity index (χ0v) is 18.3. The fraction of sp³-hybridized carbons (Fsp3) is 0.320. The van der Waals surface area contributed by atoms with Gasteiger partial charge in [-0.1, -0.05) is 30.3 Å². The van der Waals surface area contributed by atoms with Crippen LogP contribution in [0.3, 0.4) is 0 Å². The summed E-state index contributed by atoms with van der Waals surface area (Å²) < 4.78 is 28.3. The smallest absolute Gasteiger partial charge is 0.225 e. The Balaban J connectivity index is 1.43. The van der Waals surface area contributed by atoms with Crippen molar-refractivity contribution in [1.29, 1.82) is 0 Å². The fourth-order valence-electron chi connectivity index (χ4n) is 4.91. The lowest BCUT2D eigenvalue weighted by atomic mass is 9.96. The molecule has 0 radical (unpaired) electrons. The summed E-state index contributed by atoms with van der Waals surface area (Å²) in [5.74, 6) is 0.415. The molecular weight excluding hydrogens is 421 g/mol. The van der Waals surface area contributed by atoms with E-state index < -0.39 is 0 Å². The Labute approximate surface area is 190 Å². The first-order valence-electron chi connectivity index (χ1n) is 11.2. The minimum atomic E-state index is -0.348. The Morgan fingerprint density at radius 2 is 1.85 bits per heavy atom. The second kappa shape index (κ2) is 8.20. The van der Waals surface area contributed by atoms with Gasteiger partial charge >= 0.3 is 0 Å². The summed E-state index contributed by atoms with van der Waals surface area (Å²) in [6, 6.07) is 11.8. The summed E-state index contributed by atoms with van der Waals surface area (Å²) in [6.45, 7) is 2.82. The number of pyridine rings is 1. The Kier molecular flexibility index (Phi) is 5.04. The van der Waals surface area contributed by atoms with Gasteiger partial charge in [-0.2, -0.15) is 0 Å². The average Bonchev–Trinajstić information content (AvgIpc) is 3.41. The minimum Gasteiger partial charge on any atom is -0.378 e. The van der Waals surface area contributed by atoms with Gasteiger partial charge in [0.05, 0.1) is 24.6 Å². The average molecular weight is 445 g/mol. The maximum absolute atomic E-state index is 15.2. The first kappa shape index (κ1) is 20.3. The molecule has 0 amide bonds. The molecule has 2 aliphatic rings. The molecule has 1 fully saturated rings. The Hall–Kier alpha value is -3.36. The molecule has 0 saturated carbocycles. The highest BCUT2D eigenvalue weighted by molar-refractivity contribution is 5.65. The van der Waals surface area contributed by atoms with Crippen molar-refractivity contribution in [3.8, 4) is 11.1 Å². The van der Waals surface area contributed by atoms with Crippen LogP contribution in [0.4, 0.5) is 10.3 Å². The molecule has 0 unspecified atom stereocenters. The van der Waals surface area contributed by atoms with Crippen molar-refractivity contribution in [2.24, 2.45) is 0 Å². The molecule has 1 aliphatic heterocycles. The molecule has 0 bridgehead atoms. The maximum atomic E-state index is 15.2. The number of morpholine rings is 1. The third-order valence-corrected chi connectivity index (χ3v) is 6.59. The Morgan fingerprint density at radius 3 is 2.58 bits per heavy atom. The summed E-state index contributed by atoms with van der Waals surface area (Å²) >= 11 is 0. The SMILES string of the molecule is CO[C@H]1C[C@@H](c2ccccc2)c2c1nc1cc(F)c(-c3cnc(N4CCOCC4)nc3)cn21. The lowest BCUT2D eigenvalue weighted by Gasteiger charge is -2.26. The fourth-order valence-corrected chi connectivity index (χ4v) is 4.91. The van der Waals surface area contributed by atoms with Crippen LogP contribution >= 0.6 is 0 Å². The van der Waals surface area contributed by atoms with Gasteiger partial charge in [-0.3, -0.25) is 0 Å². The molecule has 0 spiro atoms. The number of hydrogen-bond acceptors (Lipinski definition) is 6. The number of methoxy groups -OCH3 is 1. The van der Waals surface area contributed by atoms with Gasteiger partial charge in [-0.15, -0.1) is 0 Å². The quantitative estimate of drug-likeness (QED) is 0.473. The van der Waals surface area contributed by atoms with Crippen molar-refractivity contribution in [3.05, 3.63) is 77.8 Å². The molecule has 3 aromatic heterocycles. The Bertz CT molecular complexity index is 1290. The maximum Gasteiger partial charge on any atom is 0.225 e. The predicted molar refractivity (Wildman–Crippen MR) is 122 cm³/mol. The molecule has 7 nitrogen and oxygen atoms in total. The van der Waals surface area contributed by atoms with Crippen LogP contribution in [0, 0.1) is 5.82 Å². The number of ether oxygens (including phenoxy) is 2. The molecule has 2 atom stereocenters. The zero-order chi connectivity index (χ0) is 22.4. The first-order chi connectivity index (χ1) is 16.2. The number of fused-ring (bicyclic) bond motifs is 3. The van der Waals surface area contributed by atoms with Crippen molar-refractivity contribution in [3.63, 3.8) is 0 Å². The minimum absolute atomic E-state index is 0.118. The van der Waals surface area contributed by atoms with Gasteiger partial charge < -0.3 is 18.8 Å². The highest BCUT2D eigenvalue weighted by Gasteiger charge is 2.37. The van der Waals surface area contributed by atoms with E-state index in [2.05, 4.69) is 27.0 Å². The number of aromatic nitrogens is 4. The van der Waals surface area contributed by atoms with Crippen LogP contribution in [0.1, 0.15) is 35.4 Å².